The lowest BCUT2D eigenvalue weighted by Gasteiger charge is -2.12. The first-order chi connectivity index (χ1) is 15.0. The summed E-state index contributed by atoms with van der Waals surface area (Å²) in [6.45, 7) is 3.90. The molecule has 5 rings (SSSR count). The highest BCUT2D eigenvalue weighted by molar-refractivity contribution is 7.99. The summed E-state index contributed by atoms with van der Waals surface area (Å²) in [6, 6.07) is 7.82. The van der Waals surface area contributed by atoms with Crippen molar-refractivity contribution in [2.45, 2.75) is 38.3 Å². The second-order valence-corrected chi connectivity index (χ2v) is 10.4. The third kappa shape index (κ3) is 3.93. The van der Waals surface area contributed by atoms with Crippen molar-refractivity contribution in [2.24, 2.45) is 0 Å². The van der Waals surface area contributed by atoms with E-state index in [2.05, 4.69) is 10.3 Å². The molecule has 1 amide bonds. The van der Waals surface area contributed by atoms with Crippen molar-refractivity contribution in [3.05, 3.63) is 61.7 Å². The van der Waals surface area contributed by atoms with E-state index in [0.29, 0.717) is 10.3 Å². The van der Waals surface area contributed by atoms with Crippen molar-refractivity contribution in [3.8, 4) is 5.69 Å². The van der Waals surface area contributed by atoms with Crippen molar-refractivity contribution >= 4 is 55.7 Å². The van der Waals surface area contributed by atoms with Gasteiger partial charge in [-0.05, 0) is 50.8 Å². The molecule has 0 atom stereocenters. The first-order valence-corrected chi connectivity index (χ1v) is 12.7. The fourth-order valence-corrected chi connectivity index (χ4v) is 6.56. The number of thiophene rings is 1. The Balaban J connectivity index is 1.53. The van der Waals surface area contributed by atoms with Gasteiger partial charge in [-0.2, -0.15) is 0 Å². The molecule has 1 N–H and O–H groups in total. The van der Waals surface area contributed by atoms with Gasteiger partial charge in [-0.3, -0.25) is 14.2 Å². The number of nitrogens with one attached hydrogen (secondary N) is 1. The van der Waals surface area contributed by atoms with Crippen molar-refractivity contribution < 1.29 is 4.79 Å². The van der Waals surface area contributed by atoms with Crippen LogP contribution < -0.4 is 10.9 Å². The molecule has 0 bridgehead atoms. The average molecular weight is 469 g/mol. The molecule has 0 radical (unpaired) electrons. The summed E-state index contributed by atoms with van der Waals surface area (Å²) in [7, 11) is 0. The van der Waals surface area contributed by atoms with Crippen LogP contribution in [0.3, 0.4) is 0 Å². The SMILES string of the molecule is Cc1ccc(-n2c(SCC(=O)Nc3nc(C)cs3)nc3sc4c(c3c2=O)CCC4)cc1. The fraction of sp³-hybridized carbons (Fsp3) is 0.273. The van der Waals surface area contributed by atoms with Crippen LogP contribution in [0.5, 0.6) is 0 Å². The number of carbonyl (C=O) groups excluding carboxylic acids is 1. The molecule has 4 aromatic rings. The summed E-state index contributed by atoms with van der Waals surface area (Å²) in [5.74, 6) is -0.0223. The zero-order valence-corrected chi connectivity index (χ0v) is 19.5. The number of aryl methyl sites for hydroxylation is 4. The number of hydrogen-bond acceptors (Lipinski definition) is 7. The number of fused-ring (bicyclic) bond motifs is 3. The van der Waals surface area contributed by atoms with Gasteiger partial charge in [0.25, 0.3) is 5.56 Å². The molecular weight excluding hydrogens is 448 g/mol. The van der Waals surface area contributed by atoms with E-state index in [4.69, 9.17) is 4.98 Å². The third-order valence-corrected chi connectivity index (χ3v) is 8.20. The van der Waals surface area contributed by atoms with Gasteiger partial charge >= 0.3 is 0 Å². The van der Waals surface area contributed by atoms with Gasteiger partial charge in [-0.1, -0.05) is 29.5 Å². The number of anilines is 1. The molecule has 3 aromatic heterocycles. The maximum Gasteiger partial charge on any atom is 0.267 e. The Labute approximate surface area is 191 Å². The first kappa shape index (κ1) is 20.4. The number of aromatic nitrogens is 3. The lowest BCUT2D eigenvalue weighted by molar-refractivity contribution is -0.113. The van der Waals surface area contributed by atoms with E-state index in [1.165, 1.54) is 28.0 Å². The largest absolute Gasteiger partial charge is 0.301 e. The molecule has 31 heavy (non-hydrogen) atoms. The van der Waals surface area contributed by atoms with Crippen LogP contribution in [0.1, 0.15) is 28.1 Å². The number of rotatable bonds is 5. The first-order valence-electron chi connectivity index (χ1n) is 9.99. The van der Waals surface area contributed by atoms with E-state index in [1.54, 1.807) is 15.9 Å². The topological polar surface area (TPSA) is 76.9 Å². The Morgan fingerprint density at radius 3 is 2.74 bits per heavy atom. The number of amides is 1. The van der Waals surface area contributed by atoms with E-state index in [-0.39, 0.29) is 17.2 Å². The van der Waals surface area contributed by atoms with Gasteiger partial charge in [0.15, 0.2) is 10.3 Å². The van der Waals surface area contributed by atoms with Crippen LogP contribution in [0.15, 0.2) is 39.6 Å². The van der Waals surface area contributed by atoms with Crippen LogP contribution in [0.2, 0.25) is 0 Å². The van der Waals surface area contributed by atoms with Crippen molar-refractivity contribution in [3.63, 3.8) is 0 Å². The van der Waals surface area contributed by atoms with Gasteiger partial charge in [0.2, 0.25) is 5.91 Å². The minimum absolute atomic E-state index is 0.0493. The molecule has 0 saturated heterocycles. The molecule has 158 valence electrons. The highest BCUT2D eigenvalue weighted by Gasteiger charge is 2.24. The van der Waals surface area contributed by atoms with Gasteiger partial charge in [0.05, 0.1) is 22.5 Å². The van der Waals surface area contributed by atoms with Crippen LogP contribution in [-0.2, 0) is 17.6 Å². The maximum absolute atomic E-state index is 13.6. The van der Waals surface area contributed by atoms with Gasteiger partial charge in [-0.25, -0.2) is 9.97 Å². The van der Waals surface area contributed by atoms with Gasteiger partial charge in [-0.15, -0.1) is 22.7 Å². The van der Waals surface area contributed by atoms with Gasteiger partial charge in [0, 0.05) is 10.3 Å². The summed E-state index contributed by atoms with van der Waals surface area (Å²) in [6.07, 6.45) is 3.04. The number of hydrogen-bond donors (Lipinski definition) is 1. The number of thiazole rings is 1. The van der Waals surface area contributed by atoms with E-state index in [1.807, 2.05) is 43.5 Å². The summed E-state index contributed by atoms with van der Waals surface area (Å²) >= 11 is 4.28. The highest BCUT2D eigenvalue weighted by Crippen LogP contribution is 2.36. The molecule has 3 heterocycles. The molecule has 0 fully saturated rings. The Hall–Kier alpha value is -2.49. The molecule has 6 nitrogen and oxygen atoms in total. The number of benzene rings is 1. The van der Waals surface area contributed by atoms with Crippen molar-refractivity contribution in [2.75, 3.05) is 11.1 Å². The molecule has 1 aliphatic rings. The van der Waals surface area contributed by atoms with E-state index in [9.17, 15) is 9.59 Å². The highest BCUT2D eigenvalue weighted by atomic mass is 32.2. The number of carbonyl (C=O) groups is 1. The second kappa shape index (κ2) is 8.22. The normalized spacial score (nSPS) is 13.0. The van der Waals surface area contributed by atoms with Crippen LogP contribution in [0.4, 0.5) is 5.13 Å². The molecule has 1 aliphatic carbocycles. The molecule has 9 heteroatoms. The van der Waals surface area contributed by atoms with E-state index >= 15 is 0 Å². The number of thioether (sulfide) groups is 1. The lowest BCUT2D eigenvalue weighted by atomic mass is 10.2. The van der Waals surface area contributed by atoms with Gasteiger partial charge < -0.3 is 5.32 Å². The molecule has 0 aliphatic heterocycles. The minimum atomic E-state index is -0.169. The quantitative estimate of drug-likeness (QED) is 0.338. The minimum Gasteiger partial charge on any atom is -0.301 e. The van der Waals surface area contributed by atoms with E-state index < -0.39 is 0 Å². The zero-order valence-electron chi connectivity index (χ0n) is 17.1. The maximum atomic E-state index is 13.6. The fourth-order valence-electron chi connectivity index (χ4n) is 3.74. The Morgan fingerprint density at radius 1 is 1.19 bits per heavy atom. The standard InChI is InChI=1S/C22H20N4O2S3/c1-12-6-8-14(9-7-12)26-20(28)18-15-4-3-5-16(15)31-19(18)25-22(26)30-11-17(27)24-21-23-13(2)10-29-21/h6-10H,3-5,11H2,1-2H3,(H,23,24,27). The van der Waals surface area contributed by atoms with Crippen LogP contribution in [0, 0.1) is 13.8 Å². The molecule has 0 unspecified atom stereocenters. The summed E-state index contributed by atoms with van der Waals surface area (Å²) in [5.41, 5.74) is 3.87. The average Bonchev–Trinajstić information content (AvgIpc) is 3.43. The number of nitrogens with zero attached hydrogens (tertiary/aromatic N) is 3. The lowest BCUT2D eigenvalue weighted by Crippen LogP contribution is -2.23. The third-order valence-electron chi connectivity index (χ3n) is 5.20. The Morgan fingerprint density at radius 2 is 2.00 bits per heavy atom. The Kier molecular flexibility index (Phi) is 5.41. The summed E-state index contributed by atoms with van der Waals surface area (Å²) < 4.78 is 1.65. The summed E-state index contributed by atoms with van der Waals surface area (Å²) in [4.78, 5) is 37.2. The molecular formula is C22H20N4O2S3. The predicted molar refractivity (Wildman–Crippen MR) is 128 cm³/mol. The monoisotopic (exact) mass is 468 g/mol. The van der Waals surface area contributed by atoms with Crippen molar-refractivity contribution in [1.82, 2.24) is 14.5 Å². The van der Waals surface area contributed by atoms with E-state index in [0.717, 1.165) is 52.0 Å². The predicted octanol–water partition coefficient (Wildman–Crippen LogP) is 4.74. The van der Waals surface area contributed by atoms with Crippen LogP contribution >= 0.6 is 34.4 Å². The van der Waals surface area contributed by atoms with Crippen molar-refractivity contribution in [1.29, 1.82) is 0 Å². The molecule has 0 saturated carbocycles. The summed E-state index contributed by atoms with van der Waals surface area (Å²) in [5, 5.41) is 6.57. The van der Waals surface area contributed by atoms with Crippen LogP contribution in [-0.4, -0.2) is 26.2 Å². The molecule has 0 spiro atoms. The zero-order chi connectivity index (χ0) is 21.5. The Bertz CT molecular complexity index is 1350. The van der Waals surface area contributed by atoms with Crippen LogP contribution in [0.25, 0.3) is 15.9 Å². The molecule has 1 aromatic carbocycles. The van der Waals surface area contributed by atoms with Gasteiger partial charge in [0.1, 0.15) is 4.83 Å². The smallest absolute Gasteiger partial charge is 0.267 e. The second-order valence-electron chi connectivity index (χ2n) is 7.54.